The van der Waals surface area contributed by atoms with Crippen molar-refractivity contribution < 1.29 is 9.53 Å². The van der Waals surface area contributed by atoms with Gasteiger partial charge in [0.25, 0.3) is 0 Å². The smallest absolute Gasteiger partial charge is 0.407 e. The Morgan fingerprint density at radius 2 is 2.18 bits per heavy atom. The molecule has 5 heteroatoms. The molecule has 17 heavy (non-hydrogen) atoms. The Labute approximate surface area is 103 Å². The van der Waals surface area contributed by atoms with Crippen LogP contribution in [-0.2, 0) is 4.74 Å². The fourth-order valence-electron chi connectivity index (χ4n) is 1.97. The van der Waals surface area contributed by atoms with Gasteiger partial charge in [-0.3, -0.25) is 0 Å². The third-order valence-corrected chi connectivity index (χ3v) is 2.70. The quantitative estimate of drug-likeness (QED) is 0.786. The van der Waals surface area contributed by atoms with E-state index in [0.717, 1.165) is 13.1 Å². The Kier molecular flexibility index (Phi) is 4.35. The topological polar surface area (TPSA) is 65.4 Å². The molecule has 1 N–H and O–H groups in total. The first-order chi connectivity index (χ1) is 7.81. The number of nitriles is 1. The monoisotopic (exact) mass is 239 g/mol. The van der Waals surface area contributed by atoms with Crippen LogP contribution in [0, 0.1) is 23.2 Å². The third kappa shape index (κ3) is 4.61. The van der Waals surface area contributed by atoms with Crippen LogP contribution in [-0.4, -0.2) is 43.3 Å². The number of hydrogen-bond donors (Lipinski definition) is 1. The third-order valence-electron chi connectivity index (χ3n) is 2.70. The van der Waals surface area contributed by atoms with Gasteiger partial charge < -0.3 is 15.0 Å². The molecule has 0 aromatic carbocycles. The minimum Gasteiger partial charge on any atom is -0.444 e. The molecule has 1 fully saturated rings. The molecule has 1 aliphatic heterocycles. The van der Waals surface area contributed by atoms with Crippen molar-refractivity contribution in [2.75, 3.05) is 26.7 Å². The van der Waals surface area contributed by atoms with E-state index in [1.807, 2.05) is 27.8 Å². The zero-order valence-electron chi connectivity index (χ0n) is 11.0. The molecule has 2 atom stereocenters. The van der Waals surface area contributed by atoms with E-state index in [4.69, 9.17) is 10.00 Å². The highest BCUT2D eigenvalue weighted by Crippen LogP contribution is 2.20. The fraction of sp³-hybridized carbons (Fsp3) is 0.833. The summed E-state index contributed by atoms with van der Waals surface area (Å²) in [6.07, 6.45) is -0.413. The highest BCUT2D eigenvalue weighted by molar-refractivity contribution is 5.67. The summed E-state index contributed by atoms with van der Waals surface area (Å²) >= 11 is 0. The standard InChI is InChI=1S/C12H21N3O2/c1-12(2,3)17-11(16)14-6-10-8-15(4)7-9(10)5-13/h9-10H,6-8H2,1-4H3,(H,14,16). The van der Waals surface area contributed by atoms with Crippen LogP contribution in [0.25, 0.3) is 0 Å². The van der Waals surface area contributed by atoms with Gasteiger partial charge in [0.2, 0.25) is 0 Å². The van der Waals surface area contributed by atoms with Gasteiger partial charge in [0.15, 0.2) is 0 Å². The van der Waals surface area contributed by atoms with Crippen molar-refractivity contribution >= 4 is 6.09 Å². The van der Waals surface area contributed by atoms with Gasteiger partial charge in [-0.25, -0.2) is 4.79 Å². The number of alkyl carbamates (subject to hydrolysis) is 1. The number of hydrogen-bond acceptors (Lipinski definition) is 4. The number of carbonyl (C=O) groups is 1. The first-order valence-corrected chi connectivity index (χ1v) is 5.87. The molecule has 1 heterocycles. The number of amides is 1. The number of nitrogens with one attached hydrogen (secondary N) is 1. The highest BCUT2D eigenvalue weighted by atomic mass is 16.6. The molecule has 96 valence electrons. The summed E-state index contributed by atoms with van der Waals surface area (Å²) in [5.41, 5.74) is -0.481. The average molecular weight is 239 g/mol. The van der Waals surface area contributed by atoms with Crippen molar-refractivity contribution in [1.82, 2.24) is 10.2 Å². The lowest BCUT2D eigenvalue weighted by atomic mass is 9.98. The van der Waals surface area contributed by atoms with Crippen molar-refractivity contribution in [3.05, 3.63) is 0 Å². The lowest BCUT2D eigenvalue weighted by Crippen LogP contribution is -2.36. The number of rotatable bonds is 2. The van der Waals surface area contributed by atoms with Crippen molar-refractivity contribution in [2.24, 2.45) is 11.8 Å². The second-order valence-corrected chi connectivity index (χ2v) is 5.60. The molecule has 0 aliphatic carbocycles. The van der Waals surface area contributed by atoms with E-state index < -0.39 is 11.7 Å². The number of likely N-dealkylation sites (tertiary alicyclic amines) is 1. The Balaban J connectivity index is 2.36. The minimum absolute atomic E-state index is 0.00469. The summed E-state index contributed by atoms with van der Waals surface area (Å²) in [6, 6.07) is 2.28. The normalized spacial score (nSPS) is 25.4. The van der Waals surface area contributed by atoms with Gasteiger partial charge in [0.1, 0.15) is 5.60 Å². The number of ether oxygens (including phenoxy) is 1. The van der Waals surface area contributed by atoms with Crippen LogP contribution in [0.4, 0.5) is 4.79 Å². The van der Waals surface area contributed by atoms with Gasteiger partial charge in [-0.1, -0.05) is 0 Å². The molecule has 1 amide bonds. The zero-order chi connectivity index (χ0) is 13.1. The summed E-state index contributed by atoms with van der Waals surface area (Å²) in [6.45, 7) is 7.60. The molecule has 0 aromatic heterocycles. The van der Waals surface area contributed by atoms with Crippen molar-refractivity contribution in [3.63, 3.8) is 0 Å². The van der Waals surface area contributed by atoms with E-state index in [1.165, 1.54) is 0 Å². The largest absolute Gasteiger partial charge is 0.444 e. The Hall–Kier alpha value is -1.28. The summed E-state index contributed by atoms with van der Waals surface area (Å²) in [5, 5.41) is 11.7. The maximum absolute atomic E-state index is 11.5. The summed E-state index contributed by atoms with van der Waals surface area (Å²) in [4.78, 5) is 13.6. The SMILES string of the molecule is CN1CC(C#N)C(CNC(=O)OC(C)(C)C)C1. The van der Waals surface area contributed by atoms with E-state index >= 15 is 0 Å². The molecular formula is C12H21N3O2. The second-order valence-electron chi connectivity index (χ2n) is 5.60. The molecule has 0 radical (unpaired) electrons. The molecule has 5 nitrogen and oxygen atoms in total. The van der Waals surface area contributed by atoms with E-state index in [1.54, 1.807) is 0 Å². The van der Waals surface area contributed by atoms with E-state index in [2.05, 4.69) is 16.3 Å². The Morgan fingerprint density at radius 1 is 1.53 bits per heavy atom. The fourth-order valence-corrected chi connectivity index (χ4v) is 1.97. The molecule has 1 aliphatic rings. The maximum Gasteiger partial charge on any atom is 0.407 e. The number of nitrogens with zero attached hydrogens (tertiary/aromatic N) is 2. The van der Waals surface area contributed by atoms with E-state index in [9.17, 15) is 4.79 Å². The zero-order valence-corrected chi connectivity index (χ0v) is 11.0. The Morgan fingerprint density at radius 3 is 2.71 bits per heavy atom. The van der Waals surface area contributed by atoms with Crippen LogP contribution in [0.5, 0.6) is 0 Å². The lowest BCUT2D eigenvalue weighted by Gasteiger charge is -2.21. The van der Waals surface area contributed by atoms with Crippen LogP contribution in [0.1, 0.15) is 20.8 Å². The van der Waals surface area contributed by atoms with Crippen LogP contribution in [0.2, 0.25) is 0 Å². The van der Waals surface area contributed by atoms with Crippen LogP contribution < -0.4 is 5.32 Å². The van der Waals surface area contributed by atoms with Gasteiger partial charge in [-0.2, -0.15) is 5.26 Å². The van der Waals surface area contributed by atoms with Crippen LogP contribution in [0.15, 0.2) is 0 Å². The van der Waals surface area contributed by atoms with Gasteiger partial charge in [-0.05, 0) is 27.8 Å². The van der Waals surface area contributed by atoms with E-state index in [-0.39, 0.29) is 11.8 Å². The van der Waals surface area contributed by atoms with Crippen molar-refractivity contribution in [1.29, 1.82) is 5.26 Å². The van der Waals surface area contributed by atoms with Crippen molar-refractivity contribution in [3.8, 4) is 6.07 Å². The summed E-state index contributed by atoms with van der Waals surface area (Å²) in [5.74, 6) is 0.187. The van der Waals surface area contributed by atoms with Gasteiger partial charge >= 0.3 is 6.09 Å². The lowest BCUT2D eigenvalue weighted by molar-refractivity contribution is 0.0518. The molecule has 0 bridgehead atoms. The number of carbonyl (C=O) groups excluding carboxylic acids is 1. The predicted molar refractivity (Wildman–Crippen MR) is 64.3 cm³/mol. The molecular weight excluding hydrogens is 218 g/mol. The van der Waals surface area contributed by atoms with Gasteiger partial charge in [-0.15, -0.1) is 0 Å². The molecule has 0 spiro atoms. The van der Waals surface area contributed by atoms with E-state index in [0.29, 0.717) is 6.54 Å². The minimum atomic E-state index is -0.481. The second kappa shape index (κ2) is 5.37. The van der Waals surface area contributed by atoms with Crippen LogP contribution >= 0.6 is 0 Å². The predicted octanol–water partition coefficient (Wildman–Crippen LogP) is 1.21. The summed E-state index contributed by atoms with van der Waals surface area (Å²) < 4.78 is 5.15. The summed E-state index contributed by atoms with van der Waals surface area (Å²) in [7, 11) is 1.98. The first kappa shape index (κ1) is 13.8. The molecule has 2 unspecified atom stereocenters. The molecule has 1 rings (SSSR count). The molecule has 1 saturated heterocycles. The van der Waals surface area contributed by atoms with Gasteiger partial charge in [0.05, 0.1) is 12.0 Å². The van der Waals surface area contributed by atoms with Gasteiger partial charge in [0, 0.05) is 25.6 Å². The average Bonchev–Trinajstić information content (AvgIpc) is 2.53. The maximum atomic E-state index is 11.5. The molecule has 0 saturated carbocycles. The van der Waals surface area contributed by atoms with Crippen LogP contribution in [0.3, 0.4) is 0 Å². The molecule has 0 aromatic rings. The highest BCUT2D eigenvalue weighted by Gasteiger charge is 2.31. The van der Waals surface area contributed by atoms with Crippen molar-refractivity contribution in [2.45, 2.75) is 26.4 Å². The first-order valence-electron chi connectivity index (χ1n) is 5.87. The Bertz CT molecular complexity index is 317.